The van der Waals surface area contributed by atoms with Crippen LogP contribution in [-0.4, -0.2) is 37.2 Å². The molecule has 0 aromatic heterocycles. The molecule has 7 heteroatoms. The molecule has 0 N–H and O–H groups in total. The van der Waals surface area contributed by atoms with Gasteiger partial charge in [0.2, 0.25) is 0 Å². The number of amides is 1. The van der Waals surface area contributed by atoms with Crippen molar-refractivity contribution in [2.24, 2.45) is 11.8 Å². The van der Waals surface area contributed by atoms with Gasteiger partial charge in [-0.3, -0.25) is 9.59 Å². The van der Waals surface area contributed by atoms with Crippen LogP contribution in [0, 0.1) is 18.8 Å². The van der Waals surface area contributed by atoms with Crippen LogP contribution < -0.4 is 0 Å². The molecule has 6 nitrogen and oxygen atoms in total. The number of carbonyl (C=O) groups excluding carboxylic acids is 2. The fourth-order valence-corrected chi connectivity index (χ4v) is 4.75. The number of hydrogen-bond donors (Lipinski definition) is 0. The SMILES string of the molecule is CCOC(=O)C1CC(CC(C)C)N(S(=O)(=O)c2ccc(C)cc2)C1=O. The van der Waals surface area contributed by atoms with E-state index in [9.17, 15) is 18.0 Å². The Balaban J connectivity index is 2.41. The van der Waals surface area contributed by atoms with Crippen LogP contribution in [-0.2, 0) is 24.3 Å². The highest BCUT2D eigenvalue weighted by atomic mass is 32.2. The molecular formula is C18H25NO5S. The molecule has 0 saturated carbocycles. The Morgan fingerprint density at radius 2 is 1.88 bits per heavy atom. The lowest BCUT2D eigenvalue weighted by Gasteiger charge is -2.25. The van der Waals surface area contributed by atoms with Crippen LogP contribution in [0.15, 0.2) is 29.2 Å². The van der Waals surface area contributed by atoms with Gasteiger partial charge in [0.05, 0.1) is 11.5 Å². The van der Waals surface area contributed by atoms with Crippen LogP contribution >= 0.6 is 0 Å². The van der Waals surface area contributed by atoms with E-state index in [4.69, 9.17) is 4.74 Å². The second kappa shape index (κ2) is 7.56. The monoisotopic (exact) mass is 367 g/mol. The van der Waals surface area contributed by atoms with E-state index < -0.39 is 33.9 Å². The molecule has 1 fully saturated rings. The number of nitrogens with zero attached hydrogens (tertiary/aromatic N) is 1. The zero-order chi connectivity index (χ0) is 18.8. The Morgan fingerprint density at radius 1 is 1.28 bits per heavy atom. The molecule has 1 heterocycles. The Kier molecular flexibility index (Phi) is 5.87. The summed E-state index contributed by atoms with van der Waals surface area (Å²) in [5, 5.41) is 0. The van der Waals surface area contributed by atoms with E-state index in [1.54, 1.807) is 19.1 Å². The predicted molar refractivity (Wildman–Crippen MR) is 93.2 cm³/mol. The number of rotatable bonds is 6. The largest absolute Gasteiger partial charge is 0.465 e. The maximum absolute atomic E-state index is 13.0. The third-order valence-corrected chi connectivity index (χ3v) is 6.11. The lowest BCUT2D eigenvalue weighted by molar-refractivity contribution is -0.151. The van der Waals surface area contributed by atoms with Gasteiger partial charge in [0.15, 0.2) is 0 Å². The van der Waals surface area contributed by atoms with Gasteiger partial charge in [-0.2, -0.15) is 0 Å². The van der Waals surface area contributed by atoms with Gasteiger partial charge in [0, 0.05) is 6.04 Å². The van der Waals surface area contributed by atoms with E-state index in [1.807, 2.05) is 20.8 Å². The molecule has 0 aliphatic carbocycles. The van der Waals surface area contributed by atoms with Crippen molar-refractivity contribution in [3.8, 4) is 0 Å². The zero-order valence-electron chi connectivity index (χ0n) is 15.1. The van der Waals surface area contributed by atoms with Crippen molar-refractivity contribution in [1.29, 1.82) is 0 Å². The summed E-state index contributed by atoms with van der Waals surface area (Å²) in [6.07, 6.45) is 0.674. The first-order valence-electron chi connectivity index (χ1n) is 8.50. The highest BCUT2D eigenvalue weighted by Crippen LogP contribution is 2.34. The number of ether oxygens (including phenoxy) is 1. The minimum absolute atomic E-state index is 0.0599. The summed E-state index contributed by atoms with van der Waals surface area (Å²) < 4.78 is 31.9. The molecule has 2 atom stereocenters. The first kappa shape index (κ1) is 19.4. The number of esters is 1. The van der Waals surface area contributed by atoms with Crippen molar-refractivity contribution in [1.82, 2.24) is 4.31 Å². The molecule has 1 amide bonds. The smallest absolute Gasteiger partial charge is 0.318 e. The fraction of sp³-hybridized carbons (Fsp3) is 0.556. The van der Waals surface area contributed by atoms with E-state index in [0.29, 0.717) is 6.42 Å². The fourth-order valence-electron chi connectivity index (χ4n) is 3.12. The average molecular weight is 367 g/mol. The molecule has 2 rings (SSSR count). The summed E-state index contributed by atoms with van der Waals surface area (Å²) in [5.41, 5.74) is 0.926. The summed E-state index contributed by atoms with van der Waals surface area (Å²) >= 11 is 0. The van der Waals surface area contributed by atoms with E-state index in [0.717, 1.165) is 9.87 Å². The third kappa shape index (κ3) is 4.03. The van der Waals surface area contributed by atoms with Crippen molar-refractivity contribution < 1.29 is 22.7 Å². The van der Waals surface area contributed by atoms with Gasteiger partial charge < -0.3 is 4.74 Å². The average Bonchev–Trinajstić information content (AvgIpc) is 2.84. The summed E-state index contributed by atoms with van der Waals surface area (Å²) in [5.74, 6) is -2.20. The van der Waals surface area contributed by atoms with Gasteiger partial charge in [0.1, 0.15) is 5.92 Å². The van der Waals surface area contributed by atoms with Crippen molar-refractivity contribution in [2.45, 2.75) is 51.5 Å². The van der Waals surface area contributed by atoms with Gasteiger partial charge >= 0.3 is 5.97 Å². The summed E-state index contributed by atoms with van der Waals surface area (Å²) in [7, 11) is -4.00. The van der Waals surface area contributed by atoms with Crippen LogP contribution in [0.25, 0.3) is 0 Å². The molecular weight excluding hydrogens is 342 g/mol. The van der Waals surface area contributed by atoms with Gasteiger partial charge in [-0.05, 0) is 44.7 Å². The highest BCUT2D eigenvalue weighted by molar-refractivity contribution is 7.89. The quantitative estimate of drug-likeness (QED) is 0.570. The van der Waals surface area contributed by atoms with Gasteiger partial charge in [-0.1, -0.05) is 31.5 Å². The molecule has 25 heavy (non-hydrogen) atoms. The first-order chi connectivity index (χ1) is 11.7. The Bertz CT molecular complexity index is 739. The Hall–Kier alpha value is -1.89. The van der Waals surface area contributed by atoms with E-state index >= 15 is 0 Å². The molecule has 1 saturated heterocycles. The van der Waals surface area contributed by atoms with E-state index in [2.05, 4.69) is 0 Å². The highest BCUT2D eigenvalue weighted by Gasteiger charge is 2.49. The number of carbonyl (C=O) groups is 2. The van der Waals surface area contributed by atoms with Crippen molar-refractivity contribution in [2.75, 3.05) is 6.61 Å². The normalized spacial score (nSPS) is 21.0. The molecule has 1 aromatic carbocycles. The second-order valence-electron chi connectivity index (χ2n) is 6.78. The van der Waals surface area contributed by atoms with E-state index in [-0.39, 0.29) is 23.8 Å². The molecule has 0 radical (unpaired) electrons. The molecule has 138 valence electrons. The van der Waals surface area contributed by atoms with Crippen LogP contribution in [0.2, 0.25) is 0 Å². The molecule has 1 aliphatic heterocycles. The minimum atomic E-state index is -4.00. The topological polar surface area (TPSA) is 80.8 Å². The first-order valence-corrected chi connectivity index (χ1v) is 9.94. The third-order valence-electron chi connectivity index (χ3n) is 4.25. The Morgan fingerprint density at radius 3 is 2.40 bits per heavy atom. The lowest BCUT2D eigenvalue weighted by atomic mass is 9.98. The van der Waals surface area contributed by atoms with Crippen LogP contribution in [0.4, 0.5) is 0 Å². The summed E-state index contributed by atoms with van der Waals surface area (Å²) in [4.78, 5) is 24.9. The zero-order valence-corrected chi connectivity index (χ0v) is 15.9. The van der Waals surface area contributed by atoms with Gasteiger partial charge in [-0.15, -0.1) is 0 Å². The standard InChI is InChI=1S/C18H25NO5S/c1-5-24-18(21)16-11-14(10-12(2)3)19(17(16)20)25(22,23)15-8-6-13(4)7-9-15/h6-9,12,14,16H,5,10-11H2,1-4H3. The van der Waals surface area contributed by atoms with Gasteiger partial charge in [0.25, 0.3) is 15.9 Å². The van der Waals surface area contributed by atoms with Gasteiger partial charge in [-0.25, -0.2) is 12.7 Å². The Labute approximate surface area is 149 Å². The molecule has 0 spiro atoms. The van der Waals surface area contributed by atoms with Crippen LogP contribution in [0.1, 0.15) is 39.2 Å². The van der Waals surface area contributed by atoms with Crippen molar-refractivity contribution in [3.05, 3.63) is 29.8 Å². The lowest BCUT2D eigenvalue weighted by Crippen LogP contribution is -2.40. The van der Waals surface area contributed by atoms with Crippen LogP contribution in [0.3, 0.4) is 0 Å². The maximum atomic E-state index is 13.0. The number of benzene rings is 1. The maximum Gasteiger partial charge on any atom is 0.318 e. The van der Waals surface area contributed by atoms with Crippen molar-refractivity contribution in [3.63, 3.8) is 0 Å². The second-order valence-corrected chi connectivity index (χ2v) is 8.59. The summed E-state index contributed by atoms with van der Waals surface area (Å²) in [6.45, 7) is 7.58. The predicted octanol–water partition coefficient (Wildman–Crippen LogP) is 2.51. The summed E-state index contributed by atoms with van der Waals surface area (Å²) in [6, 6.07) is 5.82. The van der Waals surface area contributed by atoms with Crippen LogP contribution in [0.5, 0.6) is 0 Å². The molecule has 1 aliphatic rings. The number of hydrogen-bond acceptors (Lipinski definition) is 5. The van der Waals surface area contributed by atoms with Crippen molar-refractivity contribution >= 4 is 21.9 Å². The molecule has 0 bridgehead atoms. The van der Waals surface area contributed by atoms with E-state index in [1.165, 1.54) is 12.1 Å². The number of aryl methyl sites for hydroxylation is 1. The number of sulfonamides is 1. The molecule has 1 aromatic rings. The minimum Gasteiger partial charge on any atom is -0.465 e. The molecule has 2 unspecified atom stereocenters.